The molecule has 0 heterocycles. The molecule has 188 valence electrons. The first-order chi connectivity index (χ1) is 18.0. The number of halogens is 1. The fourth-order valence-corrected chi connectivity index (χ4v) is 3.81. The van der Waals surface area contributed by atoms with Gasteiger partial charge < -0.3 is 20.5 Å². The quantitative estimate of drug-likeness (QED) is 0.283. The predicted octanol–water partition coefficient (Wildman–Crippen LogP) is 5.32. The largest absolute Gasteiger partial charge is 0.485 e. The predicted molar refractivity (Wildman–Crippen MR) is 144 cm³/mol. The van der Waals surface area contributed by atoms with Crippen LogP contribution in [-0.2, 0) is 24.4 Å². The van der Waals surface area contributed by atoms with E-state index in [9.17, 15) is 9.59 Å². The normalized spacial score (nSPS) is 11.4. The molecule has 0 radical (unpaired) electrons. The number of primary amides is 1. The molecule has 0 fully saturated rings. The van der Waals surface area contributed by atoms with Crippen molar-refractivity contribution in [1.29, 1.82) is 0 Å². The van der Waals surface area contributed by atoms with Gasteiger partial charge in [-0.3, -0.25) is 9.59 Å². The Kier molecular flexibility index (Phi) is 8.79. The maximum Gasteiger partial charge on any atom is 0.251 e. The van der Waals surface area contributed by atoms with Crippen LogP contribution in [0.2, 0.25) is 5.02 Å². The molecule has 4 aromatic rings. The first kappa shape index (κ1) is 25.8. The van der Waals surface area contributed by atoms with Crippen molar-refractivity contribution >= 4 is 23.4 Å². The number of hydrogen-bond acceptors (Lipinski definition) is 4. The van der Waals surface area contributed by atoms with Gasteiger partial charge in [0.1, 0.15) is 19.3 Å². The Morgan fingerprint density at radius 1 is 0.730 bits per heavy atom. The number of benzene rings is 4. The standard InChI is InChI=1S/C30H27ClN2O4/c31-25-14-12-24(13-15-25)30(35)33-26(29(32)34)17-23-11-16-27(36-19-21-7-3-1-4-8-21)28(18-23)37-20-22-9-5-2-6-10-22/h1-16,18,26H,17,19-20H2,(H2,32,34)(H,33,35)/t26-/m1/s1. The summed E-state index contributed by atoms with van der Waals surface area (Å²) in [7, 11) is 0. The number of amides is 2. The van der Waals surface area contributed by atoms with Gasteiger partial charge in [-0.15, -0.1) is 0 Å². The highest BCUT2D eigenvalue weighted by atomic mass is 35.5. The molecule has 0 aliphatic heterocycles. The Bertz CT molecular complexity index is 1330. The Balaban J connectivity index is 1.51. The zero-order valence-corrected chi connectivity index (χ0v) is 20.9. The van der Waals surface area contributed by atoms with Gasteiger partial charge in [-0.05, 0) is 53.1 Å². The minimum Gasteiger partial charge on any atom is -0.485 e. The van der Waals surface area contributed by atoms with E-state index in [1.54, 1.807) is 30.3 Å². The highest BCUT2D eigenvalue weighted by Crippen LogP contribution is 2.30. The number of ether oxygens (including phenoxy) is 2. The zero-order valence-electron chi connectivity index (χ0n) is 20.1. The Hall–Kier alpha value is -4.29. The molecule has 6 nitrogen and oxygen atoms in total. The third kappa shape index (κ3) is 7.59. The van der Waals surface area contributed by atoms with E-state index in [2.05, 4.69) is 5.32 Å². The van der Waals surface area contributed by atoms with Gasteiger partial charge in [0, 0.05) is 17.0 Å². The monoisotopic (exact) mass is 514 g/mol. The van der Waals surface area contributed by atoms with Crippen LogP contribution < -0.4 is 20.5 Å². The van der Waals surface area contributed by atoms with Gasteiger partial charge in [-0.2, -0.15) is 0 Å². The number of nitrogens with two attached hydrogens (primary N) is 1. The van der Waals surface area contributed by atoms with Gasteiger partial charge in [-0.1, -0.05) is 78.3 Å². The van der Waals surface area contributed by atoms with Gasteiger partial charge in [0.25, 0.3) is 5.91 Å². The van der Waals surface area contributed by atoms with Gasteiger partial charge in [0.2, 0.25) is 5.91 Å². The Labute approximate surface area is 221 Å². The van der Waals surface area contributed by atoms with Gasteiger partial charge >= 0.3 is 0 Å². The van der Waals surface area contributed by atoms with Crippen LogP contribution in [0.5, 0.6) is 11.5 Å². The Morgan fingerprint density at radius 3 is 1.86 bits per heavy atom. The van der Waals surface area contributed by atoms with Crippen molar-refractivity contribution in [3.05, 3.63) is 130 Å². The van der Waals surface area contributed by atoms with Crippen molar-refractivity contribution < 1.29 is 19.1 Å². The number of carbonyl (C=O) groups excluding carboxylic acids is 2. The molecule has 2 amide bonds. The first-order valence-corrected chi connectivity index (χ1v) is 12.2. The molecule has 4 rings (SSSR count). The second-order valence-corrected chi connectivity index (χ2v) is 8.91. The van der Waals surface area contributed by atoms with Crippen LogP contribution in [0.4, 0.5) is 0 Å². The summed E-state index contributed by atoms with van der Waals surface area (Å²) < 4.78 is 12.2. The van der Waals surface area contributed by atoms with Crippen molar-refractivity contribution in [2.75, 3.05) is 0 Å². The molecular formula is C30H27ClN2O4. The summed E-state index contributed by atoms with van der Waals surface area (Å²) in [5, 5.41) is 3.23. The van der Waals surface area contributed by atoms with Crippen LogP contribution in [0.25, 0.3) is 0 Å². The number of hydrogen-bond donors (Lipinski definition) is 2. The zero-order chi connectivity index (χ0) is 26.0. The first-order valence-electron chi connectivity index (χ1n) is 11.8. The van der Waals surface area contributed by atoms with Crippen LogP contribution in [-0.4, -0.2) is 17.9 Å². The molecule has 37 heavy (non-hydrogen) atoms. The van der Waals surface area contributed by atoms with Crippen molar-refractivity contribution in [1.82, 2.24) is 5.32 Å². The molecule has 0 aliphatic carbocycles. The highest BCUT2D eigenvalue weighted by Gasteiger charge is 2.20. The molecule has 0 saturated heterocycles. The van der Waals surface area contributed by atoms with Crippen LogP contribution in [0.1, 0.15) is 27.0 Å². The minimum absolute atomic E-state index is 0.190. The minimum atomic E-state index is -0.916. The summed E-state index contributed by atoms with van der Waals surface area (Å²) in [6, 6.07) is 30.6. The van der Waals surface area contributed by atoms with Crippen LogP contribution in [0.3, 0.4) is 0 Å². The molecule has 3 N–H and O–H groups in total. The lowest BCUT2D eigenvalue weighted by molar-refractivity contribution is -0.119. The molecule has 0 saturated carbocycles. The third-order valence-electron chi connectivity index (χ3n) is 5.68. The van der Waals surface area contributed by atoms with Crippen LogP contribution in [0, 0.1) is 0 Å². The van der Waals surface area contributed by atoms with E-state index < -0.39 is 17.9 Å². The molecule has 0 bridgehead atoms. The third-order valence-corrected chi connectivity index (χ3v) is 5.93. The van der Waals surface area contributed by atoms with E-state index in [-0.39, 0.29) is 6.42 Å². The van der Waals surface area contributed by atoms with Gasteiger partial charge in [0.05, 0.1) is 0 Å². The lowest BCUT2D eigenvalue weighted by Gasteiger charge is -2.18. The van der Waals surface area contributed by atoms with Crippen molar-refractivity contribution in [2.45, 2.75) is 25.7 Å². The summed E-state index contributed by atoms with van der Waals surface area (Å²) in [4.78, 5) is 24.8. The molecule has 4 aromatic carbocycles. The molecule has 7 heteroatoms. The van der Waals surface area contributed by atoms with Crippen molar-refractivity contribution in [3.63, 3.8) is 0 Å². The lowest BCUT2D eigenvalue weighted by atomic mass is 10.0. The highest BCUT2D eigenvalue weighted by molar-refractivity contribution is 6.30. The SMILES string of the molecule is NC(=O)[C@@H](Cc1ccc(OCc2ccccc2)c(OCc2ccccc2)c1)NC(=O)c1ccc(Cl)cc1. The summed E-state index contributed by atoms with van der Waals surface area (Å²) >= 11 is 5.90. The fraction of sp³-hybridized carbons (Fsp3) is 0.133. The molecule has 1 atom stereocenters. The molecule has 0 unspecified atom stereocenters. The summed E-state index contributed by atoms with van der Waals surface area (Å²) in [5.41, 5.74) is 8.79. The molecule has 0 aliphatic rings. The average molecular weight is 515 g/mol. The lowest BCUT2D eigenvalue weighted by Crippen LogP contribution is -2.45. The van der Waals surface area contributed by atoms with E-state index in [1.165, 1.54) is 0 Å². The number of carbonyl (C=O) groups is 2. The topological polar surface area (TPSA) is 90.7 Å². The smallest absolute Gasteiger partial charge is 0.251 e. The van der Waals surface area contributed by atoms with E-state index in [1.807, 2.05) is 72.8 Å². The van der Waals surface area contributed by atoms with Crippen LogP contribution >= 0.6 is 11.6 Å². The maximum atomic E-state index is 12.7. The number of rotatable bonds is 11. The number of nitrogens with one attached hydrogen (secondary N) is 1. The van der Waals surface area contributed by atoms with Crippen molar-refractivity contribution in [3.8, 4) is 11.5 Å². The summed E-state index contributed by atoms with van der Waals surface area (Å²) in [5.74, 6) is 0.0520. The maximum absolute atomic E-state index is 12.7. The average Bonchev–Trinajstić information content (AvgIpc) is 2.92. The van der Waals surface area contributed by atoms with E-state index >= 15 is 0 Å². The second-order valence-electron chi connectivity index (χ2n) is 8.47. The second kappa shape index (κ2) is 12.6. The molecular weight excluding hydrogens is 488 g/mol. The van der Waals surface area contributed by atoms with E-state index in [0.29, 0.717) is 35.3 Å². The molecule has 0 spiro atoms. The molecule has 0 aromatic heterocycles. The van der Waals surface area contributed by atoms with Gasteiger partial charge in [0.15, 0.2) is 11.5 Å². The summed E-state index contributed by atoms with van der Waals surface area (Å²) in [6.07, 6.45) is 0.190. The van der Waals surface area contributed by atoms with E-state index in [4.69, 9.17) is 26.8 Å². The summed E-state index contributed by atoms with van der Waals surface area (Å²) in [6.45, 7) is 0.724. The fourth-order valence-electron chi connectivity index (χ4n) is 3.68. The van der Waals surface area contributed by atoms with Crippen molar-refractivity contribution in [2.24, 2.45) is 5.73 Å². The van der Waals surface area contributed by atoms with Crippen LogP contribution in [0.15, 0.2) is 103 Å². The van der Waals surface area contributed by atoms with E-state index in [0.717, 1.165) is 16.7 Å². The Morgan fingerprint density at radius 2 is 1.30 bits per heavy atom. The van der Waals surface area contributed by atoms with Gasteiger partial charge in [-0.25, -0.2) is 0 Å².